The molecule has 2 aromatic carbocycles. The molecule has 0 aliphatic rings. The molecule has 1 heterocycles. The molecule has 0 aliphatic heterocycles. The number of nitro groups is 1. The van der Waals surface area contributed by atoms with E-state index < -0.39 is 10.9 Å². The van der Waals surface area contributed by atoms with Crippen molar-refractivity contribution in [1.82, 2.24) is 5.10 Å². The van der Waals surface area contributed by atoms with Crippen LogP contribution in [0.2, 0.25) is 5.02 Å². The van der Waals surface area contributed by atoms with Gasteiger partial charge in [-0.3, -0.25) is 10.1 Å². The molecule has 142 valence electrons. The van der Waals surface area contributed by atoms with Gasteiger partial charge in [-0.2, -0.15) is 10.2 Å². The van der Waals surface area contributed by atoms with Gasteiger partial charge in [-0.15, -0.1) is 5.11 Å². The van der Waals surface area contributed by atoms with E-state index in [-0.39, 0.29) is 16.3 Å². The fraction of sp³-hybridized carbons (Fsp3) is 0.111. The number of nitro benzene ring substituents is 1. The summed E-state index contributed by atoms with van der Waals surface area (Å²) in [6, 6.07) is 10.5. The molecule has 1 aromatic heterocycles. The third-order valence-electron chi connectivity index (χ3n) is 4.06. The van der Waals surface area contributed by atoms with Crippen LogP contribution in [0.15, 0.2) is 52.7 Å². The predicted molar refractivity (Wildman–Crippen MR) is 101 cm³/mol. The highest BCUT2D eigenvalue weighted by Crippen LogP contribution is 2.26. The summed E-state index contributed by atoms with van der Waals surface area (Å²) in [6.07, 6.45) is 0. The summed E-state index contributed by atoms with van der Waals surface area (Å²) < 4.78 is 1.67. The van der Waals surface area contributed by atoms with E-state index in [0.717, 1.165) is 0 Å². The van der Waals surface area contributed by atoms with Gasteiger partial charge in [0.25, 0.3) is 5.69 Å². The first-order valence-corrected chi connectivity index (χ1v) is 8.46. The van der Waals surface area contributed by atoms with Crippen LogP contribution in [0.5, 0.6) is 0 Å². The van der Waals surface area contributed by atoms with E-state index in [1.165, 1.54) is 30.3 Å². The molecule has 3 rings (SSSR count). The Morgan fingerprint density at radius 3 is 2.64 bits per heavy atom. The number of aryl methyl sites for hydroxylation is 1. The van der Waals surface area contributed by atoms with Gasteiger partial charge in [0.05, 0.1) is 21.2 Å². The van der Waals surface area contributed by atoms with Crippen molar-refractivity contribution in [3.8, 4) is 5.69 Å². The zero-order chi connectivity index (χ0) is 20.4. The zero-order valence-corrected chi connectivity index (χ0v) is 15.6. The number of aromatic carboxylic acids is 1. The Morgan fingerprint density at radius 2 is 1.96 bits per heavy atom. The van der Waals surface area contributed by atoms with Gasteiger partial charge in [0.15, 0.2) is 5.69 Å². The molecular weight excluding hydrogens is 386 g/mol. The summed E-state index contributed by atoms with van der Waals surface area (Å²) in [6.45, 7) is 3.58. The first kappa shape index (κ1) is 19.2. The van der Waals surface area contributed by atoms with E-state index >= 15 is 0 Å². The molecule has 28 heavy (non-hydrogen) atoms. The minimum atomic E-state index is -1.13. The van der Waals surface area contributed by atoms with Crippen LogP contribution >= 0.6 is 11.6 Å². The predicted octanol–water partition coefficient (Wildman–Crippen LogP) is 4.58. The highest BCUT2D eigenvalue weighted by molar-refractivity contribution is 6.33. The number of halogens is 1. The number of nitrogens with one attached hydrogen (secondary N) is 1. The molecule has 0 saturated carbocycles. The quantitative estimate of drug-likeness (QED) is 0.281. The Kier molecular flexibility index (Phi) is 5.18. The Labute approximate surface area is 164 Å². The number of aromatic amines is 1. The minimum Gasteiger partial charge on any atom is -0.478 e. The van der Waals surface area contributed by atoms with Crippen molar-refractivity contribution < 1.29 is 19.5 Å². The third-order valence-corrected chi connectivity index (χ3v) is 4.39. The Bertz CT molecular complexity index is 1120. The van der Waals surface area contributed by atoms with E-state index in [1.54, 1.807) is 30.7 Å². The monoisotopic (exact) mass is 400 g/mol. The minimum absolute atomic E-state index is 0.0157. The van der Waals surface area contributed by atoms with Gasteiger partial charge in [-0.05, 0) is 19.1 Å². The first-order chi connectivity index (χ1) is 13.3. The van der Waals surface area contributed by atoms with Gasteiger partial charge in [-0.1, -0.05) is 22.3 Å². The van der Waals surface area contributed by atoms with E-state index in [2.05, 4.69) is 15.3 Å². The van der Waals surface area contributed by atoms with Gasteiger partial charge < -0.3 is 5.11 Å². The third kappa shape index (κ3) is 3.74. The largest absolute Gasteiger partial charge is 0.478 e. The number of azo groups is 1. The van der Waals surface area contributed by atoms with Crippen molar-refractivity contribution in [2.24, 2.45) is 10.2 Å². The van der Waals surface area contributed by atoms with E-state index in [0.29, 0.717) is 28.5 Å². The number of carbonyl (C=O) groups is 1. The molecule has 0 atom stereocenters. The normalized spacial score (nSPS) is 11.1. The number of H-pyrrole nitrogens is 1. The average Bonchev–Trinajstić information content (AvgIpc) is 2.94. The van der Waals surface area contributed by atoms with Gasteiger partial charge >= 0.3 is 5.97 Å². The van der Waals surface area contributed by atoms with Crippen LogP contribution in [0.1, 0.15) is 21.7 Å². The number of hydrogen-bond acceptors (Lipinski definition) is 5. The summed E-state index contributed by atoms with van der Waals surface area (Å²) in [5, 5.41) is 31.6. The second-order valence-electron chi connectivity index (χ2n) is 5.95. The number of non-ortho nitro benzene ring substituents is 1. The molecular formula is C18H15ClN5O4+. The second kappa shape index (κ2) is 7.57. The number of benzene rings is 2. The van der Waals surface area contributed by atoms with Crippen molar-refractivity contribution >= 4 is 34.6 Å². The molecule has 10 heteroatoms. The Hall–Kier alpha value is -3.59. The van der Waals surface area contributed by atoms with Crippen molar-refractivity contribution in [1.29, 1.82) is 0 Å². The lowest BCUT2D eigenvalue weighted by Crippen LogP contribution is -2.35. The molecule has 0 radical (unpaired) electrons. The zero-order valence-electron chi connectivity index (χ0n) is 14.9. The Balaban J connectivity index is 1.99. The maximum Gasteiger partial charge on any atom is 0.337 e. The average molecular weight is 401 g/mol. The van der Waals surface area contributed by atoms with Crippen LogP contribution in [-0.2, 0) is 0 Å². The highest BCUT2D eigenvalue weighted by atomic mass is 35.5. The molecule has 0 fully saturated rings. The van der Waals surface area contributed by atoms with Crippen molar-refractivity contribution in [2.75, 3.05) is 0 Å². The summed E-state index contributed by atoms with van der Waals surface area (Å²) >= 11 is 5.93. The number of carboxylic acid groups (broad SMARTS) is 1. The summed E-state index contributed by atoms with van der Waals surface area (Å²) in [4.78, 5) is 21.7. The van der Waals surface area contributed by atoms with Gasteiger partial charge in [0.1, 0.15) is 5.69 Å². The van der Waals surface area contributed by atoms with E-state index in [9.17, 15) is 20.0 Å². The van der Waals surface area contributed by atoms with Gasteiger partial charge in [0, 0.05) is 31.2 Å². The maximum atomic E-state index is 11.3. The lowest BCUT2D eigenvalue weighted by atomic mass is 10.2. The molecule has 3 aromatic rings. The van der Waals surface area contributed by atoms with Crippen LogP contribution in [-0.4, -0.2) is 21.1 Å². The van der Waals surface area contributed by atoms with Crippen LogP contribution < -0.4 is 4.68 Å². The molecule has 2 N–H and O–H groups in total. The maximum absolute atomic E-state index is 11.3. The van der Waals surface area contributed by atoms with Crippen molar-refractivity contribution in [3.63, 3.8) is 0 Å². The number of hydrogen-bond donors (Lipinski definition) is 2. The fourth-order valence-corrected chi connectivity index (χ4v) is 2.88. The van der Waals surface area contributed by atoms with Crippen LogP contribution in [0.3, 0.4) is 0 Å². The molecule has 0 saturated heterocycles. The van der Waals surface area contributed by atoms with Crippen molar-refractivity contribution in [2.45, 2.75) is 13.8 Å². The van der Waals surface area contributed by atoms with Crippen LogP contribution in [0, 0.1) is 24.0 Å². The number of rotatable bonds is 5. The van der Waals surface area contributed by atoms with E-state index in [1.807, 2.05) is 0 Å². The standard InChI is InChI=1S/C18H14ClN5O4/c1-10-17(21-20-12-4-3-5-14(8-12)24(27)28)11(2)23(22-10)13-6-7-16(19)15(9-13)18(25)26/h3-9H,1-2H3,(H,25,26)/p+1. The smallest absolute Gasteiger partial charge is 0.337 e. The molecule has 0 amide bonds. The molecule has 0 spiro atoms. The van der Waals surface area contributed by atoms with E-state index in [4.69, 9.17) is 11.6 Å². The molecule has 0 bridgehead atoms. The Morgan fingerprint density at radius 1 is 1.21 bits per heavy atom. The fourth-order valence-electron chi connectivity index (χ4n) is 2.68. The number of nitrogens with zero attached hydrogens (tertiary/aromatic N) is 4. The lowest BCUT2D eigenvalue weighted by Gasteiger charge is -1.99. The summed E-state index contributed by atoms with van der Waals surface area (Å²) in [5.74, 6) is -1.13. The molecule has 0 aliphatic carbocycles. The van der Waals surface area contributed by atoms with Crippen molar-refractivity contribution in [3.05, 3.63) is 74.6 Å². The SMILES string of the molecule is Cc1[nH][n+](-c2ccc(Cl)c(C(=O)O)c2)c(C)c1N=Nc1cccc([N+](=O)[O-])c1. The lowest BCUT2D eigenvalue weighted by molar-refractivity contribution is -0.661. The highest BCUT2D eigenvalue weighted by Gasteiger charge is 2.23. The van der Waals surface area contributed by atoms with Crippen LogP contribution in [0.4, 0.5) is 17.1 Å². The van der Waals surface area contributed by atoms with Gasteiger partial charge in [-0.25, -0.2) is 4.79 Å². The van der Waals surface area contributed by atoms with Crippen LogP contribution in [0.25, 0.3) is 5.69 Å². The van der Waals surface area contributed by atoms with Gasteiger partial charge in [0.2, 0.25) is 11.4 Å². The topological polar surface area (TPSA) is 125 Å². The first-order valence-electron chi connectivity index (χ1n) is 8.08. The summed E-state index contributed by atoms with van der Waals surface area (Å²) in [7, 11) is 0. The number of carboxylic acids is 1. The second-order valence-corrected chi connectivity index (χ2v) is 6.36. The molecule has 0 unspecified atom stereocenters. The molecule has 9 nitrogen and oxygen atoms in total. The summed E-state index contributed by atoms with van der Waals surface area (Å²) in [5.41, 5.74) is 2.75. The number of aromatic nitrogens is 2.